The monoisotopic (exact) mass is 163 g/mol. The van der Waals surface area contributed by atoms with Crippen LogP contribution in [0.1, 0.15) is 19.3 Å². The average molecular weight is 163 g/mol. The smallest absolute Gasteiger partial charge is 0.250 e. The molecule has 0 spiro atoms. The predicted octanol–water partition coefficient (Wildman–Crippen LogP) is 1.65. The topological polar surface area (TPSA) is 22.0 Å². The SMILES string of the molecule is O=c1ccccn1CC1CCC1. The normalized spacial score (nSPS) is 17.3. The molecule has 0 amide bonds. The first-order valence-corrected chi connectivity index (χ1v) is 4.52. The summed E-state index contributed by atoms with van der Waals surface area (Å²) in [6.45, 7) is 0.916. The minimum Gasteiger partial charge on any atom is -0.315 e. The first kappa shape index (κ1) is 7.59. The Morgan fingerprint density at radius 2 is 2.25 bits per heavy atom. The van der Waals surface area contributed by atoms with Crippen LogP contribution in [0.25, 0.3) is 0 Å². The third-order valence-corrected chi connectivity index (χ3v) is 2.58. The van der Waals surface area contributed by atoms with Crippen molar-refractivity contribution in [2.75, 3.05) is 0 Å². The summed E-state index contributed by atoms with van der Waals surface area (Å²) in [5.41, 5.74) is 0.129. The van der Waals surface area contributed by atoms with Gasteiger partial charge in [0.15, 0.2) is 0 Å². The van der Waals surface area contributed by atoms with E-state index >= 15 is 0 Å². The second-order valence-corrected chi connectivity index (χ2v) is 3.49. The van der Waals surface area contributed by atoms with Crippen LogP contribution in [0, 0.1) is 5.92 Å². The van der Waals surface area contributed by atoms with Gasteiger partial charge in [-0.3, -0.25) is 4.79 Å². The molecule has 1 fully saturated rings. The largest absolute Gasteiger partial charge is 0.315 e. The standard InChI is InChI=1S/C10H13NO/c12-10-6-1-2-7-11(10)8-9-4-3-5-9/h1-2,6-7,9H,3-5,8H2. The first-order chi connectivity index (χ1) is 5.86. The summed E-state index contributed by atoms with van der Waals surface area (Å²) in [4.78, 5) is 11.3. The fourth-order valence-corrected chi connectivity index (χ4v) is 1.57. The highest BCUT2D eigenvalue weighted by molar-refractivity contribution is 4.93. The highest BCUT2D eigenvalue weighted by Crippen LogP contribution is 2.27. The number of rotatable bonds is 2. The lowest BCUT2D eigenvalue weighted by molar-refractivity contribution is 0.274. The van der Waals surface area contributed by atoms with Gasteiger partial charge in [0.2, 0.25) is 0 Å². The summed E-state index contributed by atoms with van der Waals surface area (Å²) in [6, 6.07) is 5.33. The Kier molecular flexibility index (Phi) is 1.98. The summed E-state index contributed by atoms with van der Waals surface area (Å²) >= 11 is 0. The summed E-state index contributed by atoms with van der Waals surface area (Å²) in [6.07, 6.45) is 5.80. The van der Waals surface area contributed by atoms with E-state index in [0.29, 0.717) is 0 Å². The molecule has 0 N–H and O–H groups in total. The van der Waals surface area contributed by atoms with Crippen LogP contribution in [-0.4, -0.2) is 4.57 Å². The third kappa shape index (κ3) is 1.42. The molecule has 0 radical (unpaired) electrons. The highest BCUT2D eigenvalue weighted by Gasteiger charge is 2.17. The summed E-state index contributed by atoms with van der Waals surface area (Å²) < 4.78 is 1.81. The van der Waals surface area contributed by atoms with Crippen molar-refractivity contribution in [1.82, 2.24) is 4.57 Å². The van der Waals surface area contributed by atoms with Crippen LogP contribution >= 0.6 is 0 Å². The van der Waals surface area contributed by atoms with Crippen molar-refractivity contribution in [1.29, 1.82) is 0 Å². The Hall–Kier alpha value is -1.05. The fraction of sp³-hybridized carbons (Fsp3) is 0.500. The molecule has 1 heterocycles. The number of hydrogen-bond acceptors (Lipinski definition) is 1. The van der Waals surface area contributed by atoms with Gasteiger partial charge in [0.05, 0.1) is 0 Å². The number of pyridine rings is 1. The molecule has 2 nitrogen and oxygen atoms in total. The predicted molar refractivity (Wildman–Crippen MR) is 48.0 cm³/mol. The van der Waals surface area contributed by atoms with E-state index in [1.807, 2.05) is 16.8 Å². The van der Waals surface area contributed by atoms with E-state index in [4.69, 9.17) is 0 Å². The molecule has 12 heavy (non-hydrogen) atoms. The molecule has 0 aliphatic heterocycles. The lowest BCUT2D eigenvalue weighted by atomic mass is 9.85. The second-order valence-electron chi connectivity index (χ2n) is 3.49. The molecule has 1 saturated carbocycles. The number of nitrogens with zero attached hydrogens (tertiary/aromatic N) is 1. The molecule has 0 unspecified atom stereocenters. The molecule has 2 heteroatoms. The van der Waals surface area contributed by atoms with Crippen molar-refractivity contribution >= 4 is 0 Å². The van der Waals surface area contributed by atoms with Crippen LogP contribution < -0.4 is 5.56 Å². The van der Waals surface area contributed by atoms with E-state index < -0.39 is 0 Å². The van der Waals surface area contributed by atoms with E-state index in [9.17, 15) is 4.79 Å². The van der Waals surface area contributed by atoms with E-state index in [-0.39, 0.29) is 5.56 Å². The van der Waals surface area contributed by atoms with Gasteiger partial charge in [-0.25, -0.2) is 0 Å². The molecule has 1 aliphatic rings. The van der Waals surface area contributed by atoms with E-state index in [1.54, 1.807) is 12.1 Å². The highest BCUT2D eigenvalue weighted by atomic mass is 16.1. The van der Waals surface area contributed by atoms with Crippen molar-refractivity contribution in [3.63, 3.8) is 0 Å². The Morgan fingerprint density at radius 1 is 1.42 bits per heavy atom. The zero-order valence-electron chi connectivity index (χ0n) is 7.07. The van der Waals surface area contributed by atoms with Gasteiger partial charge in [-0.1, -0.05) is 12.5 Å². The minimum atomic E-state index is 0.129. The maximum atomic E-state index is 11.3. The third-order valence-electron chi connectivity index (χ3n) is 2.58. The Labute approximate surface area is 71.8 Å². The van der Waals surface area contributed by atoms with Gasteiger partial charge in [-0.2, -0.15) is 0 Å². The van der Waals surface area contributed by atoms with Gasteiger partial charge in [-0.15, -0.1) is 0 Å². The molecular formula is C10H13NO. The molecule has 1 aromatic rings. The van der Waals surface area contributed by atoms with Crippen LogP contribution in [0.15, 0.2) is 29.2 Å². The average Bonchev–Trinajstić information content (AvgIpc) is 2.00. The zero-order chi connectivity index (χ0) is 8.39. The molecule has 64 valence electrons. The van der Waals surface area contributed by atoms with Gasteiger partial charge in [0, 0.05) is 18.8 Å². The quantitative estimate of drug-likeness (QED) is 0.649. The number of hydrogen-bond donors (Lipinski definition) is 0. The summed E-state index contributed by atoms with van der Waals surface area (Å²) in [5.74, 6) is 0.755. The van der Waals surface area contributed by atoms with Gasteiger partial charge < -0.3 is 4.57 Å². The Bertz CT molecular complexity index is 312. The van der Waals surface area contributed by atoms with Crippen LogP contribution in [0.3, 0.4) is 0 Å². The van der Waals surface area contributed by atoms with Gasteiger partial charge in [0.25, 0.3) is 5.56 Å². The molecule has 1 aliphatic carbocycles. The molecular weight excluding hydrogens is 150 g/mol. The minimum absolute atomic E-state index is 0.129. The Morgan fingerprint density at radius 3 is 2.83 bits per heavy atom. The van der Waals surface area contributed by atoms with Crippen LogP contribution in [0.5, 0.6) is 0 Å². The number of aromatic nitrogens is 1. The van der Waals surface area contributed by atoms with E-state index in [0.717, 1.165) is 12.5 Å². The maximum absolute atomic E-state index is 11.3. The van der Waals surface area contributed by atoms with E-state index in [1.165, 1.54) is 19.3 Å². The van der Waals surface area contributed by atoms with Gasteiger partial charge in [-0.05, 0) is 24.8 Å². The van der Waals surface area contributed by atoms with Crippen molar-refractivity contribution in [3.05, 3.63) is 34.7 Å². The first-order valence-electron chi connectivity index (χ1n) is 4.52. The second kappa shape index (κ2) is 3.13. The molecule has 0 bridgehead atoms. The van der Waals surface area contributed by atoms with Crippen LogP contribution in [0.4, 0.5) is 0 Å². The van der Waals surface area contributed by atoms with Crippen molar-refractivity contribution in [3.8, 4) is 0 Å². The fourth-order valence-electron chi connectivity index (χ4n) is 1.57. The molecule has 0 atom stereocenters. The van der Waals surface area contributed by atoms with Gasteiger partial charge >= 0.3 is 0 Å². The van der Waals surface area contributed by atoms with E-state index in [2.05, 4.69) is 0 Å². The van der Waals surface area contributed by atoms with Crippen LogP contribution in [0.2, 0.25) is 0 Å². The summed E-state index contributed by atoms with van der Waals surface area (Å²) in [7, 11) is 0. The van der Waals surface area contributed by atoms with Crippen LogP contribution in [-0.2, 0) is 6.54 Å². The molecule has 1 aromatic heterocycles. The maximum Gasteiger partial charge on any atom is 0.250 e. The molecule has 2 rings (SSSR count). The lowest BCUT2D eigenvalue weighted by Crippen LogP contribution is -2.25. The molecule has 0 saturated heterocycles. The van der Waals surface area contributed by atoms with Crippen molar-refractivity contribution in [2.24, 2.45) is 5.92 Å². The molecule has 0 aromatic carbocycles. The van der Waals surface area contributed by atoms with Crippen molar-refractivity contribution < 1.29 is 0 Å². The van der Waals surface area contributed by atoms with Crippen molar-refractivity contribution in [2.45, 2.75) is 25.8 Å². The lowest BCUT2D eigenvalue weighted by Gasteiger charge is -2.25. The zero-order valence-corrected chi connectivity index (χ0v) is 7.07. The van der Waals surface area contributed by atoms with Gasteiger partial charge in [0.1, 0.15) is 0 Å². The Balaban J connectivity index is 2.11. The summed E-state index contributed by atoms with van der Waals surface area (Å²) in [5, 5.41) is 0.